The molecule has 0 fully saturated rings. The average Bonchev–Trinajstić information content (AvgIpc) is 2.66. The molecule has 2 N–H and O–H groups in total. The number of carboxylic acid groups (broad SMARTS) is 1. The first-order chi connectivity index (χ1) is 13.4. The van der Waals surface area contributed by atoms with Gasteiger partial charge in [-0.3, -0.25) is 9.63 Å². The van der Waals surface area contributed by atoms with E-state index < -0.39 is 5.97 Å². The molecule has 0 heterocycles. The van der Waals surface area contributed by atoms with Gasteiger partial charge in [0.05, 0.1) is 12.2 Å². The van der Waals surface area contributed by atoms with Crippen LogP contribution in [-0.2, 0) is 16.1 Å². The second-order valence-electron chi connectivity index (χ2n) is 6.90. The molecule has 0 aromatic heterocycles. The molecule has 1 atom stereocenters. The zero-order valence-corrected chi connectivity index (χ0v) is 16.8. The maximum Gasteiger partial charge on any atom is 0.335 e. The summed E-state index contributed by atoms with van der Waals surface area (Å²) in [7, 11) is 0. The van der Waals surface area contributed by atoms with E-state index >= 15 is 0 Å². The highest BCUT2D eigenvalue weighted by atomic mass is 16.6. The molecule has 0 saturated carbocycles. The normalized spacial score (nSPS) is 12.4. The quantitative estimate of drug-likeness (QED) is 0.375. The fourth-order valence-electron chi connectivity index (χ4n) is 2.51. The van der Waals surface area contributed by atoms with Crippen LogP contribution < -0.4 is 5.48 Å². The highest BCUT2D eigenvalue weighted by molar-refractivity contribution is 5.87. The molecule has 1 unspecified atom stereocenters. The van der Waals surface area contributed by atoms with Gasteiger partial charge in [-0.25, -0.2) is 10.3 Å². The first-order valence-electron chi connectivity index (χ1n) is 9.66. The van der Waals surface area contributed by atoms with Crippen LogP contribution in [0.5, 0.6) is 0 Å². The maximum atomic E-state index is 11.9. The van der Waals surface area contributed by atoms with E-state index in [1.807, 2.05) is 30.4 Å². The lowest BCUT2D eigenvalue weighted by atomic mass is 9.96. The van der Waals surface area contributed by atoms with Crippen molar-refractivity contribution < 1.29 is 19.5 Å². The summed E-state index contributed by atoms with van der Waals surface area (Å²) in [4.78, 5) is 27.9. The predicted molar refractivity (Wildman–Crippen MR) is 112 cm³/mol. The van der Waals surface area contributed by atoms with Crippen molar-refractivity contribution in [2.45, 2.75) is 46.0 Å². The second kappa shape index (κ2) is 13.5. The van der Waals surface area contributed by atoms with Crippen molar-refractivity contribution in [1.82, 2.24) is 5.48 Å². The molecule has 5 nitrogen and oxygen atoms in total. The number of nitrogens with one attached hydrogen (secondary N) is 1. The number of hydroxylamine groups is 1. The minimum Gasteiger partial charge on any atom is -0.478 e. The summed E-state index contributed by atoms with van der Waals surface area (Å²) < 4.78 is 0. The topological polar surface area (TPSA) is 75.6 Å². The lowest BCUT2D eigenvalue weighted by molar-refractivity contribution is -0.133. The Hall–Kier alpha value is -2.66. The van der Waals surface area contributed by atoms with Gasteiger partial charge in [-0.2, -0.15) is 0 Å². The number of carbonyl (C=O) groups excluding carboxylic acids is 1. The van der Waals surface area contributed by atoms with Crippen LogP contribution in [0.3, 0.4) is 0 Å². The number of carboxylic acids is 1. The SMILES string of the molecule is C=C(/C=C\C=C/CCC)CONC(=O)CCC(C)Cc1ccc(C(=O)O)cc1. The number of allylic oxidation sites excluding steroid dienone is 3. The van der Waals surface area contributed by atoms with Crippen LogP contribution in [-0.4, -0.2) is 23.6 Å². The van der Waals surface area contributed by atoms with Crippen LogP contribution in [0.2, 0.25) is 0 Å². The Kier molecular flexibility index (Phi) is 11.3. The summed E-state index contributed by atoms with van der Waals surface area (Å²) in [6.07, 6.45) is 11.9. The molecule has 0 radical (unpaired) electrons. The maximum absolute atomic E-state index is 11.9. The van der Waals surface area contributed by atoms with Gasteiger partial charge in [-0.15, -0.1) is 0 Å². The average molecular weight is 386 g/mol. The van der Waals surface area contributed by atoms with Crippen molar-refractivity contribution in [2.75, 3.05) is 6.61 Å². The summed E-state index contributed by atoms with van der Waals surface area (Å²) in [6.45, 7) is 8.31. The van der Waals surface area contributed by atoms with E-state index in [0.717, 1.165) is 36.8 Å². The molecule has 0 aliphatic heterocycles. The molecular formula is C23H31NO4. The number of amides is 1. The molecule has 1 aromatic rings. The Labute approximate surface area is 167 Å². The molecule has 0 spiro atoms. The van der Waals surface area contributed by atoms with E-state index in [0.29, 0.717) is 12.3 Å². The van der Waals surface area contributed by atoms with Crippen molar-refractivity contribution in [3.63, 3.8) is 0 Å². The summed E-state index contributed by atoms with van der Waals surface area (Å²) in [5, 5.41) is 8.91. The summed E-state index contributed by atoms with van der Waals surface area (Å²) in [6, 6.07) is 6.84. The van der Waals surface area contributed by atoms with Crippen LogP contribution in [0.4, 0.5) is 0 Å². The number of benzene rings is 1. The minimum absolute atomic E-state index is 0.160. The lowest BCUT2D eigenvalue weighted by Gasteiger charge is -2.12. The Bertz CT molecular complexity index is 689. The van der Waals surface area contributed by atoms with Crippen LogP contribution in [0.1, 0.15) is 55.5 Å². The van der Waals surface area contributed by atoms with Crippen molar-refractivity contribution in [3.05, 3.63) is 71.8 Å². The van der Waals surface area contributed by atoms with Gasteiger partial charge in [0.2, 0.25) is 5.91 Å². The first-order valence-corrected chi connectivity index (χ1v) is 9.66. The monoisotopic (exact) mass is 385 g/mol. The van der Waals surface area contributed by atoms with Crippen LogP contribution in [0.15, 0.2) is 60.7 Å². The van der Waals surface area contributed by atoms with Gasteiger partial charge in [0.1, 0.15) is 0 Å². The standard InChI is InChI=1S/C23H31NO4/c1-4-5-6-7-8-9-19(3)17-28-24-22(25)15-10-18(2)16-20-11-13-21(14-12-20)23(26)27/h6-9,11-14,18H,3-5,10,15-17H2,1-2H3,(H,24,25)(H,26,27)/b7-6-,9-8-. The van der Waals surface area contributed by atoms with Gasteiger partial charge in [0, 0.05) is 6.42 Å². The molecular weight excluding hydrogens is 354 g/mol. The Balaban J connectivity index is 2.21. The second-order valence-corrected chi connectivity index (χ2v) is 6.90. The Morgan fingerprint density at radius 1 is 1.25 bits per heavy atom. The minimum atomic E-state index is -0.928. The first kappa shape index (κ1) is 23.4. The molecule has 0 saturated heterocycles. The molecule has 1 rings (SSSR count). The van der Waals surface area contributed by atoms with Gasteiger partial charge in [-0.05, 0) is 48.4 Å². The highest BCUT2D eigenvalue weighted by Gasteiger charge is 2.09. The van der Waals surface area contributed by atoms with Crippen LogP contribution >= 0.6 is 0 Å². The number of unbranched alkanes of at least 4 members (excludes halogenated alkanes) is 1. The summed E-state index contributed by atoms with van der Waals surface area (Å²) >= 11 is 0. The van der Waals surface area contributed by atoms with Gasteiger partial charge < -0.3 is 5.11 Å². The van der Waals surface area contributed by atoms with Crippen molar-refractivity contribution in [3.8, 4) is 0 Å². The molecule has 0 aliphatic carbocycles. The molecule has 28 heavy (non-hydrogen) atoms. The van der Waals surface area contributed by atoms with E-state index in [1.165, 1.54) is 0 Å². The lowest BCUT2D eigenvalue weighted by Crippen LogP contribution is -2.24. The highest BCUT2D eigenvalue weighted by Crippen LogP contribution is 2.14. The number of carbonyl (C=O) groups is 2. The predicted octanol–water partition coefficient (Wildman–Crippen LogP) is 4.86. The summed E-state index contributed by atoms with van der Waals surface area (Å²) in [5.74, 6) is -0.788. The number of aromatic carboxylic acids is 1. The van der Waals surface area contributed by atoms with Crippen LogP contribution in [0.25, 0.3) is 0 Å². The van der Waals surface area contributed by atoms with E-state index in [1.54, 1.807) is 12.1 Å². The van der Waals surface area contributed by atoms with E-state index in [4.69, 9.17) is 9.94 Å². The largest absolute Gasteiger partial charge is 0.478 e. The Morgan fingerprint density at radius 2 is 1.96 bits per heavy atom. The third kappa shape index (κ3) is 10.5. The molecule has 152 valence electrons. The number of rotatable bonds is 13. The summed E-state index contributed by atoms with van der Waals surface area (Å²) in [5.41, 5.74) is 4.56. The van der Waals surface area contributed by atoms with E-state index in [-0.39, 0.29) is 18.1 Å². The van der Waals surface area contributed by atoms with Gasteiger partial charge in [0.25, 0.3) is 0 Å². The molecule has 0 aliphatic rings. The van der Waals surface area contributed by atoms with Gasteiger partial charge in [0.15, 0.2) is 0 Å². The fourth-order valence-corrected chi connectivity index (χ4v) is 2.51. The van der Waals surface area contributed by atoms with Gasteiger partial charge in [-0.1, -0.05) is 63.3 Å². The van der Waals surface area contributed by atoms with Crippen LogP contribution in [0, 0.1) is 5.92 Å². The molecule has 1 amide bonds. The fraction of sp³-hybridized carbons (Fsp3) is 0.391. The zero-order chi connectivity index (χ0) is 20.8. The zero-order valence-electron chi connectivity index (χ0n) is 16.8. The number of hydrogen-bond acceptors (Lipinski definition) is 3. The third-order valence-corrected chi connectivity index (χ3v) is 4.13. The molecule has 5 heteroatoms. The molecule has 1 aromatic carbocycles. The van der Waals surface area contributed by atoms with Crippen molar-refractivity contribution >= 4 is 11.9 Å². The van der Waals surface area contributed by atoms with Gasteiger partial charge >= 0.3 is 5.97 Å². The smallest absolute Gasteiger partial charge is 0.335 e. The number of hydrogen-bond donors (Lipinski definition) is 2. The molecule has 0 bridgehead atoms. The third-order valence-electron chi connectivity index (χ3n) is 4.13. The van der Waals surface area contributed by atoms with E-state index in [2.05, 4.69) is 32.0 Å². The van der Waals surface area contributed by atoms with Crippen molar-refractivity contribution in [2.24, 2.45) is 5.92 Å². The van der Waals surface area contributed by atoms with Crippen molar-refractivity contribution in [1.29, 1.82) is 0 Å². The van der Waals surface area contributed by atoms with E-state index in [9.17, 15) is 9.59 Å². The Morgan fingerprint density at radius 3 is 2.61 bits per heavy atom.